The molecule has 0 aliphatic carbocycles. The van der Waals surface area contributed by atoms with Crippen LogP contribution in [-0.4, -0.2) is 47.7 Å². The van der Waals surface area contributed by atoms with Crippen LogP contribution in [0.4, 0.5) is 11.5 Å². The number of hydrogen-bond acceptors (Lipinski definition) is 6. The summed E-state index contributed by atoms with van der Waals surface area (Å²) < 4.78 is 5.39. The molecule has 0 unspecified atom stereocenters. The van der Waals surface area contributed by atoms with Gasteiger partial charge < -0.3 is 15.0 Å². The second kappa shape index (κ2) is 10.6. The minimum Gasteiger partial charge on any atom is -0.378 e. The predicted molar refractivity (Wildman–Crippen MR) is 130 cm³/mol. The standard InChI is InChI=1S/C25H28N4O2S/c1-18(2)32-22-8-6-19(7-9-22)16-25(30)26-21-5-3-4-20(17-21)23-10-11-24(28-27-23)29-12-14-31-15-13-29/h3-11,17-18H,12-16H2,1-2H3,(H,26,30). The maximum atomic E-state index is 12.6. The van der Waals surface area contributed by atoms with E-state index in [0.29, 0.717) is 24.9 Å². The average Bonchev–Trinajstić information content (AvgIpc) is 2.81. The van der Waals surface area contributed by atoms with Crippen molar-refractivity contribution in [2.75, 3.05) is 36.5 Å². The minimum atomic E-state index is -0.0415. The fourth-order valence-electron chi connectivity index (χ4n) is 3.55. The van der Waals surface area contributed by atoms with Crippen molar-refractivity contribution in [1.82, 2.24) is 10.2 Å². The van der Waals surface area contributed by atoms with Gasteiger partial charge in [-0.05, 0) is 42.0 Å². The lowest BCUT2D eigenvalue weighted by molar-refractivity contribution is -0.115. The molecular formula is C25H28N4O2S. The van der Waals surface area contributed by atoms with Crippen molar-refractivity contribution in [2.24, 2.45) is 0 Å². The zero-order valence-electron chi connectivity index (χ0n) is 18.5. The number of nitrogens with zero attached hydrogens (tertiary/aromatic N) is 3. The Labute approximate surface area is 193 Å². The second-order valence-electron chi connectivity index (χ2n) is 7.99. The molecule has 1 N–H and O–H groups in total. The Kier molecular flexibility index (Phi) is 7.39. The summed E-state index contributed by atoms with van der Waals surface area (Å²) >= 11 is 1.82. The van der Waals surface area contributed by atoms with Crippen molar-refractivity contribution in [1.29, 1.82) is 0 Å². The number of anilines is 2. The lowest BCUT2D eigenvalue weighted by atomic mass is 10.1. The highest BCUT2D eigenvalue weighted by Crippen LogP contribution is 2.24. The Hall–Kier alpha value is -2.90. The summed E-state index contributed by atoms with van der Waals surface area (Å²) in [5, 5.41) is 12.3. The molecule has 2 heterocycles. The van der Waals surface area contributed by atoms with Gasteiger partial charge >= 0.3 is 0 Å². The molecule has 4 rings (SSSR count). The maximum absolute atomic E-state index is 12.6. The molecule has 0 spiro atoms. The third kappa shape index (κ3) is 6.08. The number of carbonyl (C=O) groups excluding carboxylic acids is 1. The molecule has 2 aromatic carbocycles. The summed E-state index contributed by atoms with van der Waals surface area (Å²) in [6.45, 7) is 7.43. The number of hydrogen-bond donors (Lipinski definition) is 1. The maximum Gasteiger partial charge on any atom is 0.228 e. The lowest BCUT2D eigenvalue weighted by Gasteiger charge is -2.27. The molecule has 3 aromatic rings. The summed E-state index contributed by atoms with van der Waals surface area (Å²) in [4.78, 5) is 15.9. The molecule has 0 bridgehead atoms. The van der Waals surface area contributed by atoms with Crippen LogP contribution in [0.2, 0.25) is 0 Å². The van der Waals surface area contributed by atoms with Crippen molar-refractivity contribution in [3.8, 4) is 11.3 Å². The van der Waals surface area contributed by atoms with Gasteiger partial charge in [0.2, 0.25) is 5.91 Å². The van der Waals surface area contributed by atoms with E-state index in [0.717, 1.165) is 41.4 Å². The van der Waals surface area contributed by atoms with Crippen LogP contribution in [0.1, 0.15) is 19.4 Å². The largest absolute Gasteiger partial charge is 0.378 e. The van der Waals surface area contributed by atoms with E-state index in [-0.39, 0.29) is 5.91 Å². The number of ether oxygens (including phenoxy) is 1. The molecule has 1 fully saturated rings. The van der Waals surface area contributed by atoms with Crippen LogP contribution in [0.3, 0.4) is 0 Å². The Bertz CT molecular complexity index is 1030. The monoisotopic (exact) mass is 448 g/mol. The summed E-state index contributed by atoms with van der Waals surface area (Å²) in [6, 6.07) is 19.9. The molecule has 6 nitrogen and oxygen atoms in total. The Balaban J connectivity index is 1.37. The zero-order valence-corrected chi connectivity index (χ0v) is 19.3. The molecule has 1 aromatic heterocycles. The third-order valence-electron chi connectivity index (χ3n) is 5.09. The van der Waals surface area contributed by atoms with Gasteiger partial charge in [-0.25, -0.2) is 0 Å². The molecule has 0 atom stereocenters. The molecule has 0 radical (unpaired) electrons. The SMILES string of the molecule is CC(C)Sc1ccc(CC(=O)Nc2cccc(-c3ccc(N4CCOCC4)nn3)c2)cc1. The second-order valence-corrected chi connectivity index (χ2v) is 9.64. The highest BCUT2D eigenvalue weighted by Gasteiger charge is 2.13. The van der Waals surface area contributed by atoms with E-state index in [9.17, 15) is 4.79 Å². The first-order valence-electron chi connectivity index (χ1n) is 10.9. The van der Waals surface area contributed by atoms with E-state index in [1.165, 1.54) is 4.90 Å². The van der Waals surface area contributed by atoms with Crippen LogP contribution in [0.15, 0.2) is 65.6 Å². The molecule has 32 heavy (non-hydrogen) atoms. The molecule has 7 heteroatoms. The first-order chi connectivity index (χ1) is 15.6. The van der Waals surface area contributed by atoms with Gasteiger partial charge in [-0.15, -0.1) is 22.0 Å². The number of nitrogens with one attached hydrogen (secondary N) is 1. The summed E-state index contributed by atoms with van der Waals surface area (Å²) in [5.41, 5.74) is 3.44. The quantitative estimate of drug-likeness (QED) is 0.530. The first-order valence-corrected chi connectivity index (χ1v) is 11.8. The van der Waals surface area contributed by atoms with Gasteiger partial charge in [0.15, 0.2) is 5.82 Å². The van der Waals surface area contributed by atoms with E-state index in [1.54, 1.807) is 0 Å². The third-order valence-corrected chi connectivity index (χ3v) is 6.10. The van der Waals surface area contributed by atoms with Gasteiger partial charge in [0.05, 0.1) is 25.3 Å². The number of amides is 1. The van der Waals surface area contributed by atoms with Crippen molar-refractivity contribution in [2.45, 2.75) is 30.4 Å². The van der Waals surface area contributed by atoms with Crippen LogP contribution >= 0.6 is 11.8 Å². The van der Waals surface area contributed by atoms with Gasteiger partial charge in [0, 0.05) is 34.5 Å². The number of morpholine rings is 1. The van der Waals surface area contributed by atoms with Gasteiger partial charge in [-0.1, -0.05) is 38.1 Å². The molecule has 166 valence electrons. The topological polar surface area (TPSA) is 67.4 Å². The molecule has 1 aliphatic heterocycles. The van der Waals surface area contributed by atoms with Crippen LogP contribution in [0, 0.1) is 0 Å². The molecule has 0 saturated carbocycles. The van der Waals surface area contributed by atoms with Gasteiger partial charge in [0.25, 0.3) is 0 Å². The van der Waals surface area contributed by atoms with E-state index in [1.807, 2.05) is 60.3 Å². The first kappa shape index (κ1) is 22.3. The fourth-order valence-corrected chi connectivity index (χ4v) is 4.38. The number of rotatable bonds is 7. The normalized spacial score (nSPS) is 13.9. The Morgan fingerprint density at radius 1 is 1.06 bits per heavy atom. The smallest absolute Gasteiger partial charge is 0.228 e. The van der Waals surface area contributed by atoms with Crippen molar-refractivity contribution < 1.29 is 9.53 Å². The lowest BCUT2D eigenvalue weighted by Crippen LogP contribution is -2.36. The van der Waals surface area contributed by atoms with Crippen LogP contribution in [0.5, 0.6) is 0 Å². The number of carbonyl (C=O) groups is 1. The van der Waals surface area contributed by atoms with Crippen LogP contribution < -0.4 is 10.2 Å². The summed E-state index contributed by atoms with van der Waals surface area (Å²) in [6.07, 6.45) is 0.338. The zero-order chi connectivity index (χ0) is 22.3. The average molecular weight is 449 g/mol. The highest BCUT2D eigenvalue weighted by atomic mass is 32.2. The molecule has 1 saturated heterocycles. The predicted octanol–water partition coefficient (Wildman–Crippen LogP) is 4.66. The fraction of sp³-hybridized carbons (Fsp3) is 0.320. The van der Waals surface area contributed by atoms with Gasteiger partial charge in [-0.2, -0.15) is 0 Å². The number of benzene rings is 2. The number of thioether (sulfide) groups is 1. The molecule has 1 aliphatic rings. The molecular weight excluding hydrogens is 420 g/mol. The van der Waals surface area contributed by atoms with Crippen LogP contribution in [-0.2, 0) is 16.0 Å². The van der Waals surface area contributed by atoms with Gasteiger partial charge in [-0.3, -0.25) is 4.79 Å². The van der Waals surface area contributed by atoms with Crippen molar-refractivity contribution in [3.05, 3.63) is 66.2 Å². The van der Waals surface area contributed by atoms with E-state index in [4.69, 9.17) is 4.74 Å². The van der Waals surface area contributed by atoms with Crippen molar-refractivity contribution in [3.63, 3.8) is 0 Å². The molecule has 1 amide bonds. The van der Waals surface area contributed by atoms with Crippen molar-refractivity contribution >= 4 is 29.2 Å². The Morgan fingerprint density at radius 3 is 2.53 bits per heavy atom. The highest BCUT2D eigenvalue weighted by molar-refractivity contribution is 7.99. The number of aromatic nitrogens is 2. The van der Waals surface area contributed by atoms with Crippen LogP contribution in [0.25, 0.3) is 11.3 Å². The van der Waals surface area contributed by atoms with E-state index in [2.05, 4.69) is 46.4 Å². The Morgan fingerprint density at radius 2 is 1.84 bits per heavy atom. The van der Waals surface area contributed by atoms with Gasteiger partial charge in [0.1, 0.15) is 0 Å². The van der Waals surface area contributed by atoms with E-state index < -0.39 is 0 Å². The summed E-state index contributed by atoms with van der Waals surface area (Å²) in [5.74, 6) is 0.819. The van der Waals surface area contributed by atoms with E-state index >= 15 is 0 Å². The summed E-state index contributed by atoms with van der Waals surface area (Å²) in [7, 11) is 0. The minimum absolute atomic E-state index is 0.0415.